The third-order valence-electron chi connectivity index (χ3n) is 4.46. The first-order valence-corrected chi connectivity index (χ1v) is 8.60. The standard InChI is InChI=1S/C16H29N3O3/c1-13(14-7-6-12-22-14)18-16(21)17-9-8-15(20)19-10-4-2-3-5-11-19/h13-14H,2-12H2,1H3,(H2,17,18,21)/t13-,14-/m0/s1. The number of likely N-dealkylation sites (tertiary alicyclic amines) is 1. The van der Waals surface area contributed by atoms with Gasteiger partial charge in [0.15, 0.2) is 0 Å². The number of rotatable bonds is 5. The van der Waals surface area contributed by atoms with Crippen LogP contribution >= 0.6 is 0 Å². The van der Waals surface area contributed by atoms with Crippen LogP contribution in [-0.2, 0) is 9.53 Å². The lowest BCUT2D eigenvalue weighted by atomic mass is 10.1. The minimum Gasteiger partial charge on any atom is -0.376 e. The number of carbonyl (C=O) groups is 2. The van der Waals surface area contributed by atoms with E-state index in [0.29, 0.717) is 13.0 Å². The lowest BCUT2D eigenvalue weighted by Gasteiger charge is -2.21. The first-order chi connectivity index (χ1) is 10.7. The highest BCUT2D eigenvalue weighted by atomic mass is 16.5. The molecule has 2 fully saturated rings. The number of amides is 3. The Morgan fingerprint density at radius 3 is 2.55 bits per heavy atom. The largest absolute Gasteiger partial charge is 0.376 e. The van der Waals surface area contributed by atoms with Crippen LogP contribution in [0.25, 0.3) is 0 Å². The van der Waals surface area contributed by atoms with Gasteiger partial charge in [-0.15, -0.1) is 0 Å². The number of urea groups is 1. The van der Waals surface area contributed by atoms with Crippen LogP contribution in [0.5, 0.6) is 0 Å². The van der Waals surface area contributed by atoms with Crippen molar-refractivity contribution in [2.45, 2.75) is 64.0 Å². The maximum absolute atomic E-state index is 12.1. The Morgan fingerprint density at radius 1 is 1.18 bits per heavy atom. The first kappa shape index (κ1) is 17.1. The van der Waals surface area contributed by atoms with Gasteiger partial charge in [0.25, 0.3) is 0 Å². The summed E-state index contributed by atoms with van der Waals surface area (Å²) < 4.78 is 5.55. The summed E-state index contributed by atoms with van der Waals surface area (Å²) in [5, 5.41) is 5.65. The Bertz CT molecular complexity index is 362. The molecule has 0 aromatic carbocycles. The summed E-state index contributed by atoms with van der Waals surface area (Å²) in [5.41, 5.74) is 0. The van der Waals surface area contributed by atoms with E-state index in [2.05, 4.69) is 10.6 Å². The predicted octanol–water partition coefficient (Wildman–Crippen LogP) is 1.65. The monoisotopic (exact) mass is 311 g/mol. The highest BCUT2D eigenvalue weighted by Gasteiger charge is 2.23. The summed E-state index contributed by atoms with van der Waals surface area (Å²) in [5.74, 6) is 0.148. The van der Waals surface area contributed by atoms with Crippen molar-refractivity contribution in [3.05, 3.63) is 0 Å². The third-order valence-corrected chi connectivity index (χ3v) is 4.46. The number of nitrogens with one attached hydrogen (secondary N) is 2. The van der Waals surface area contributed by atoms with Gasteiger partial charge in [0.2, 0.25) is 5.91 Å². The highest BCUT2D eigenvalue weighted by Crippen LogP contribution is 2.15. The van der Waals surface area contributed by atoms with Crippen LogP contribution in [0.15, 0.2) is 0 Å². The molecule has 0 bridgehead atoms. The molecule has 6 heteroatoms. The molecule has 0 spiro atoms. The number of hydrogen-bond donors (Lipinski definition) is 2. The quantitative estimate of drug-likeness (QED) is 0.811. The van der Waals surface area contributed by atoms with Gasteiger partial charge in [0, 0.05) is 32.7 Å². The minimum absolute atomic E-state index is 0.00353. The Labute approximate surface area is 132 Å². The summed E-state index contributed by atoms with van der Waals surface area (Å²) in [6, 6.07) is -0.213. The van der Waals surface area contributed by atoms with Crippen molar-refractivity contribution >= 4 is 11.9 Å². The van der Waals surface area contributed by atoms with E-state index in [1.165, 1.54) is 12.8 Å². The zero-order valence-electron chi connectivity index (χ0n) is 13.6. The maximum Gasteiger partial charge on any atom is 0.315 e. The molecule has 0 aromatic heterocycles. The Morgan fingerprint density at radius 2 is 1.91 bits per heavy atom. The number of hydrogen-bond acceptors (Lipinski definition) is 3. The average molecular weight is 311 g/mol. The number of nitrogens with zero attached hydrogens (tertiary/aromatic N) is 1. The van der Waals surface area contributed by atoms with Crippen LogP contribution in [0.4, 0.5) is 4.79 Å². The van der Waals surface area contributed by atoms with E-state index in [4.69, 9.17) is 4.74 Å². The Hall–Kier alpha value is -1.30. The second-order valence-corrected chi connectivity index (χ2v) is 6.29. The molecular formula is C16H29N3O3. The number of ether oxygens (including phenoxy) is 1. The van der Waals surface area contributed by atoms with Crippen molar-refractivity contribution in [1.82, 2.24) is 15.5 Å². The van der Waals surface area contributed by atoms with Gasteiger partial charge in [-0.25, -0.2) is 4.79 Å². The van der Waals surface area contributed by atoms with E-state index in [9.17, 15) is 9.59 Å². The average Bonchev–Trinajstić information content (AvgIpc) is 2.90. The zero-order chi connectivity index (χ0) is 15.8. The van der Waals surface area contributed by atoms with Crippen LogP contribution in [0.2, 0.25) is 0 Å². The predicted molar refractivity (Wildman–Crippen MR) is 84.6 cm³/mol. The Balaban J connectivity index is 1.60. The molecule has 2 N–H and O–H groups in total. The molecule has 2 atom stereocenters. The molecule has 2 saturated heterocycles. The van der Waals surface area contributed by atoms with Gasteiger partial charge in [-0.3, -0.25) is 4.79 Å². The second kappa shape index (κ2) is 8.98. The van der Waals surface area contributed by atoms with E-state index < -0.39 is 0 Å². The van der Waals surface area contributed by atoms with Gasteiger partial charge in [-0.05, 0) is 32.6 Å². The molecule has 0 aliphatic carbocycles. The normalized spacial score (nSPS) is 23.7. The van der Waals surface area contributed by atoms with Gasteiger partial charge in [-0.2, -0.15) is 0 Å². The van der Waals surface area contributed by atoms with Crippen molar-refractivity contribution in [2.75, 3.05) is 26.2 Å². The molecule has 2 heterocycles. The van der Waals surface area contributed by atoms with Gasteiger partial charge in [0.1, 0.15) is 0 Å². The molecule has 22 heavy (non-hydrogen) atoms. The van der Waals surface area contributed by atoms with Crippen LogP contribution in [0.3, 0.4) is 0 Å². The molecular weight excluding hydrogens is 282 g/mol. The van der Waals surface area contributed by atoms with Crippen molar-refractivity contribution < 1.29 is 14.3 Å². The fourth-order valence-corrected chi connectivity index (χ4v) is 3.11. The summed E-state index contributed by atoms with van der Waals surface area (Å²) in [6.07, 6.45) is 7.16. The van der Waals surface area contributed by atoms with Gasteiger partial charge >= 0.3 is 6.03 Å². The first-order valence-electron chi connectivity index (χ1n) is 8.60. The topological polar surface area (TPSA) is 70.7 Å². The van der Waals surface area contributed by atoms with Crippen LogP contribution < -0.4 is 10.6 Å². The maximum atomic E-state index is 12.1. The van der Waals surface area contributed by atoms with E-state index in [0.717, 1.165) is 45.4 Å². The molecule has 0 radical (unpaired) electrons. The van der Waals surface area contributed by atoms with E-state index in [1.54, 1.807) is 0 Å². The molecule has 2 aliphatic heterocycles. The van der Waals surface area contributed by atoms with E-state index >= 15 is 0 Å². The summed E-state index contributed by atoms with van der Waals surface area (Å²) in [7, 11) is 0. The fourth-order valence-electron chi connectivity index (χ4n) is 3.11. The zero-order valence-corrected chi connectivity index (χ0v) is 13.6. The molecule has 3 amide bonds. The van der Waals surface area contributed by atoms with Crippen molar-refractivity contribution in [3.8, 4) is 0 Å². The van der Waals surface area contributed by atoms with Crippen molar-refractivity contribution in [3.63, 3.8) is 0 Å². The van der Waals surface area contributed by atoms with Crippen molar-refractivity contribution in [2.24, 2.45) is 0 Å². The van der Waals surface area contributed by atoms with Crippen molar-refractivity contribution in [1.29, 1.82) is 0 Å². The lowest BCUT2D eigenvalue weighted by Crippen LogP contribution is -2.46. The SMILES string of the molecule is C[C@H](NC(=O)NCCC(=O)N1CCCCCC1)[C@@H]1CCCO1. The smallest absolute Gasteiger partial charge is 0.315 e. The molecule has 0 saturated carbocycles. The summed E-state index contributed by atoms with van der Waals surface area (Å²) >= 11 is 0. The molecule has 0 aromatic rings. The molecule has 2 aliphatic rings. The lowest BCUT2D eigenvalue weighted by molar-refractivity contribution is -0.131. The van der Waals surface area contributed by atoms with Gasteiger partial charge in [0.05, 0.1) is 12.1 Å². The Kier molecular flexibility index (Phi) is 6.96. The van der Waals surface area contributed by atoms with E-state index in [1.807, 2.05) is 11.8 Å². The summed E-state index contributed by atoms with van der Waals surface area (Å²) in [6.45, 7) is 4.85. The second-order valence-electron chi connectivity index (χ2n) is 6.29. The van der Waals surface area contributed by atoms with Crippen LogP contribution in [0, 0.1) is 0 Å². The summed E-state index contributed by atoms with van der Waals surface area (Å²) in [4.78, 5) is 25.9. The minimum atomic E-state index is -0.216. The van der Waals surface area contributed by atoms with Crippen LogP contribution in [0.1, 0.15) is 51.9 Å². The van der Waals surface area contributed by atoms with Gasteiger partial charge in [-0.1, -0.05) is 12.8 Å². The number of carbonyl (C=O) groups excluding carboxylic acids is 2. The fraction of sp³-hybridized carbons (Fsp3) is 0.875. The molecule has 2 rings (SSSR count). The van der Waals surface area contributed by atoms with Gasteiger partial charge < -0.3 is 20.3 Å². The highest BCUT2D eigenvalue weighted by molar-refractivity contribution is 5.78. The third kappa shape index (κ3) is 5.48. The molecule has 126 valence electrons. The van der Waals surface area contributed by atoms with E-state index in [-0.39, 0.29) is 24.1 Å². The molecule has 6 nitrogen and oxygen atoms in total. The van der Waals surface area contributed by atoms with Crippen LogP contribution in [-0.4, -0.2) is 55.2 Å². The molecule has 0 unspecified atom stereocenters.